The third-order valence-electron chi connectivity index (χ3n) is 11.7. The summed E-state index contributed by atoms with van der Waals surface area (Å²) in [6.45, 7) is 9.86. The first-order chi connectivity index (χ1) is 17.4. The van der Waals surface area contributed by atoms with Crippen LogP contribution in [0.3, 0.4) is 0 Å². The maximum Gasteiger partial charge on any atom is 0.337 e. The number of carbonyl (C=O) groups excluding carboxylic acids is 4. The third kappa shape index (κ3) is 3.22. The van der Waals surface area contributed by atoms with Gasteiger partial charge in [0, 0.05) is 13.3 Å². The van der Waals surface area contributed by atoms with Gasteiger partial charge in [-0.25, -0.2) is 4.79 Å². The number of carbonyl (C=O) groups is 4. The fourth-order valence-corrected chi connectivity index (χ4v) is 9.67. The van der Waals surface area contributed by atoms with Crippen LogP contribution < -0.4 is 0 Å². The van der Waals surface area contributed by atoms with Gasteiger partial charge in [0.05, 0.1) is 17.1 Å². The molecule has 0 unspecified atom stereocenters. The Balaban J connectivity index is 1.23. The Labute approximate surface area is 218 Å². The number of ketones is 2. The standard InChI is InChI=1S/C30H38O7/c1-15-12-23(36-27(34)19(15)14-35-17(3)31)16(2)20-6-7-21-18-13-26-30(37-26)25(33)9-8-24(32)29(30,5)22(18)10-11-28(20,21)4/h8-9,16,18,20-23,26H,6-7,10-14H2,1-5H3/t16-,18-,20+,21-,22-,23+,26+,28+,29-,30+/m0/s1. The molecule has 0 aromatic carbocycles. The Hall–Kier alpha value is -2.28. The van der Waals surface area contributed by atoms with Crippen LogP contribution >= 0.6 is 0 Å². The maximum atomic E-state index is 13.3. The lowest BCUT2D eigenvalue weighted by molar-refractivity contribution is -0.156. The summed E-state index contributed by atoms with van der Waals surface area (Å²) in [6, 6.07) is 0. The zero-order valence-electron chi connectivity index (χ0n) is 22.5. The number of hydrogen-bond acceptors (Lipinski definition) is 7. The zero-order chi connectivity index (χ0) is 26.5. The lowest BCUT2D eigenvalue weighted by atomic mass is 9.44. The molecule has 7 nitrogen and oxygen atoms in total. The van der Waals surface area contributed by atoms with Gasteiger partial charge in [0.15, 0.2) is 17.2 Å². The summed E-state index contributed by atoms with van der Waals surface area (Å²) >= 11 is 0. The first-order valence-corrected chi connectivity index (χ1v) is 13.9. The van der Waals surface area contributed by atoms with E-state index in [1.54, 1.807) is 0 Å². The van der Waals surface area contributed by atoms with Crippen LogP contribution in [0.15, 0.2) is 23.3 Å². The molecule has 0 radical (unpaired) electrons. The summed E-state index contributed by atoms with van der Waals surface area (Å²) in [7, 11) is 0. The van der Waals surface area contributed by atoms with E-state index in [1.165, 1.54) is 19.1 Å². The van der Waals surface area contributed by atoms with Crippen LogP contribution in [0.4, 0.5) is 0 Å². The third-order valence-corrected chi connectivity index (χ3v) is 11.7. The number of rotatable bonds is 4. The van der Waals surface area contributed by atoms with Crippen molar-refractivity contribution < 1.29 is 33.4 Å². The number of fused-ring (bicyclic) bond motifs is 4. The second kappa shape index (κ2) is 8.11. The largest absolute Gasteiger partial charge is 0.461 e. The summed E-state index contributed by atoms with van der Waals surface area (Å²) in [5.74, 6) is 0.806. The Morgan fingerprint density at radius 1 is 1.11 bits per heavy atom. The first-order valence-electron chi connectivity index (χ1n) is 13.9. The molecule has 0 amide bonds. The highest BCUT2D eigenvalue weighted by Gasteiger charge is 2.80. The molecule has 6 aliphatic rings. The van der Waals surface area contributed by atoms with E-state index in [0.29, 0.717) is 29.7 Å². The van der Waals surface area contributed by atoms with Crippen molar-refractivity contribution in [1.82, 2.24) is 0 Å². The Bertz CT molecular complexity index is 1150. The van der Waals surface area contributed by atoms with Crippen molar-refractivity contribution in [2.75, 3.05) is 6.61 Å². The van der Waals surface area contributed by atoms with Gasteiger partial charge in [0.25, 0.3) is 0 Å². The zero-order valence-corrected chi connectivity index (χ0v) is 22.5. The first kappa shape index (κ1) is 25.0. The highest BCUT2D eigenvalue weighted by atomic mass is 16.6. The van der Waals surface area contributed by atoms with E-state index in [4.69, 9.17) is 14.2 Å². The lowest BCUT2D eigenvalue weighted by Crippen LogP contribution is -2.62. The smallest absolute Gasteiger partial charge is 0.337 e. The predicted octanol–water partition coefficient (Wildman–Crippen LogP) is 4.13. The molecule has 7 heteroatoms. The van der Waals surface area contributed by atoms with Crippen molar-refractivity contribution >= 4 is 23.5 Å². The van der Waals surface area contributed by atoms with E-state index >= 15 is 0 Å². The predicted molar refractivity (Wildman–Crippen MR) is 133 cm³/mol. The van der Waals surface area contributed by atoms with Crippen LogP contribution in [0.25, 0.3) is 0 Å². The number of epoxide rings is 1. The second-order valence-corrected chi connectivity index (χ2v) is 13.0. The molecule has 6 rings (SSSR count). The number of cyclic esters (lactones) is 1. The van der Waals surface area contributed by atoms with E-state index in [1.807, 2.05) is 13.8 Å². The molecular formula is C30H38O7. The molecule has 1 spiro atoms. The molecule has 4 aliphatic carbocycles. The molecule has 0 aromatic rings. The van der Waals surface area contributed by atoms with Gasteiger partial charge in [-0.3, -0.25) is 14.4 Å². The molecule has 10 atom stereocenters. The van der Waals surface area contributed by atoms with Crippen molar-refractivity contribution in [2.45, 2.75) is 91.0 Å². The summed E-state index contributed by atoms with van der Waals surface area (Å²) in [6.07, 6.45) is 8.17. The highest BCUT2D eigenvalue weighted by Crippen LogP contribution is 2.72. The summed E-state index contributed by atoms with van der Waals surface area (Å²) in [5.41, 5.74) is -0.210. The van der Waals surface area contributed by atoms with Crippen LogP contribution in [0, 0.1) is 40.4 Å². The van der Waals surface area contributed by atoms with Crippen LogP contribution in [0.2, 0.25) is 0 Å². The minimum atomic E-state index is -0.928. The van der Waals surface area contributed by atoms with Gasteiger partial charge in [-0.1, -0.05) is 19.4 Å². The van der Waals surface area contributed by atoms with E-state index in [-0.39, 0.29) is 53.6 Å². The molecule has 2 heterocycles. The van der Waals surface area contributed by atoms with Crippen molar-refractivity contribution in [3.8, 4) is 0 Å². The molecule has 1 saturated heterocycles. The molecule has 4 fully saturated rings. The minimum absolute atomic E-state index is 0.0279. The van der Waals surface area contributed by atoms with Crippen LogP contribution in [-0.2, 0) is 33.4 Å². The monoisotopic (exact) mass is 510 g/mol. The fourth-order valence-electron chi connectivity index (χ4n) is 9.67. The normalized spacial score (nSPS) is 46.9. The minimum Gasteiger partial charge on any atom is -0.461 e. The summed E-state index contributed by atoms with van der Waals surface area (Å²) in [5, 5.41) is 0. The van der Waals surface area contributed by atoms with Crippen LogP contribution in [0.5, 0.6) is 0 Å². The Morgan fingerprint density at radius 3 is 2.54 bits per heavy atom. The van der Waals surface area contributed by atoms with Gasteiger partial charge < -0.3 is 14.2 Å². The molecule has 0 bridgehead atoms. The summed E-state index contributed by atoms with van der Waals surface area (Å²) in [4.78, 5) is 50.3. The van der Waals surface area contributed by atoms with E-state index in [9.17, 15) is 19.2 Å². The molecule has 0 N–H and O–H groups in total. The fraction of sp³-hybridized carbons (Fsp3) is 0.733. The number of hydrogen-bond donors (Lipinski definition) is 0. The van der Waals surface area contributed by atoms with Crippen LogP contribution in [0.1, 0.15) is 73.1 Å². The average molecular weight is 511 g/mol. The van der Waals surface area contributed by atoms with Gasteiger partial charge in [0.2, 0.25) is 0 Å². The van der Waals surface area contributed by atoms with Gasteiger partial charge in [0.1, 0.15) is 12.7 Å². The molecule has 3 saturated carbocycles. The van der Waals surface area contributed by atoms with Crippen molar-refractivity contribution in [1.29, 1.82) is 0 Å². The van der Waals surface area contributed by atoms with Crippen molar-refractivity contribution in [2.24, 2.45) is 40.4 Å². The number of esters is 2. The molecule has 2 aliphatic heterocycles. The van der Waals surface area contributed by atoms with E-state index in [2.05, 4.69) is 13.8 Å². The van der Waals surface area contributed by atoms with E-state index < -0.39 is 17.0 Å². The van der Waals surface area contributed by atoms with Crippen LogP contribution in [-0.4, -0.2) is 47.9 Å². The topological polar surface area (TPSA) is 99.3 Å². The van der Waals surface area contributed by atoms with E-state index in [0.717, 1.165) is 37.7 Å². The number of ether oxygens (including phenoxy) is 3. The van der Waals surface area contributed by atoms with Gasteiger partial charge in [-0.05, 0) is 93.1 Å². The van der Waals surface area contributed by atoms with Crippen molar-refractivity contribution in [3.63, 3.8) is 0 Å². The van der Waals surface area contributed by atoms with Gasteiger partial charge in [-0.15, -0.1) is 0 Å². The molecule has 200 valence electrons. The number of allylic oxidation sites excluding steroid dienone is 1. The molecule has 37 heavy (non-hydrogen) atoms. The maximum absolute atomic E-state index is 13.3. The Morgan fingerprint density at radius 2 is 1.84 bits per heavy atom. The quantitative estimate of drug-likeness (QED) is 0.414. The molecule has 0 aromatic heterocycles. The highest BCUT2D eigenvalue weighted by molar-refractivity contribution is 6.15. The summed E-state index contributed by atoms with van der Waals surface area (Å²) < 4.78 is 17.2. The second-order valence-electron chi connectivity index (χ2n) is 13.0. The van der Waals surface area contributed by atoms with Crippen molar-refractivity contribution in [3.05, 3.63) is 23.3 Å². The average Bonchev–Trinajstić information content (AvgIpc) is 3.47. The molecular weight excluding hydrogens is 472 g/mol. The SMILES string of the molecule is CC(=O)OCC1=C(C)C[C@H]([C@@H](C)[C@H]2CC[C@H]3[C@@H]4C[C@H]5O[C@]56C(=O)C=CC(=O)[C@]6(C)[C@H]4CC[C@]23C)OC1=O. The lowest BCUT2D eigenvalue weighted by Gasteiger charge is -2.57. The van der Waals surface area contributed by atoms with Gasteiger partial charge in [-0.2, -0.15) is 0 Å². The van der Waals surface area contributed by atoms with Gasteiger partial charge >= 0.3 is 11.9 Å². The Kier molecular flexibility index (Phi) is 5.48.